The Hall–Kier alpha value is -3.41. The molecule has 0 saturated heterocycles. The van der Waals surface area contributed by atoms with Crippen molar-refractivity contribution in [3.05, 3.63) is 69.5 Å². The van der Waals surface area contributed by atoms with Gasteiger partial charge in [-0.1, -0.05) is 17.7 Å². The van der Waals surface area contributed by atoms with E-state index in [0.29, 0.717) is 0 Å². The molecule has 0 saturated carbocycles. The number of aromatic nitrogens is 4. The van der Waals surface area contributed by atoms with Crippen LogP contribution in [0.15, 0.2) is 29.4 Å². The van der Waals surface area contributed by atoms with E-state index in [4.69, 9.17) is 16.3 Å². The topological polar surface area (TPSA) is 82.3 Å². The molecule has 0 fully saturated rings. The number of esters is 1. The standard InChI is InChI=1S/C20H13ClF5N5O2/c1-3-33-19(32)17-29-18-8(2)28-15(12-9(22)5-4-6-10(12)23)13-11(31(18)30-17)7-27-16(14(13)21)20(24,25)26/h4-8H,3H2,1-2H3/t8-/m0/s1. The van der Waals surface area contributed by atoms with Crippen LogP contribution in [0.4, 0.5) is 22.0 Å². The Morgan fingerprint density at radius 1 is 1.21 bits per heavy atom. The summed E-state index contributed by atoms with van der Waals surface area (Å²) >= 11 is 6.11. The average Bonchev–Trinajstić information content (AvgIpc) is 3.13. The van der Waals surface area contributed by atoms with Crippen molar-refractivity contribution in [1.82, 2.24) is 19.7 Å². The fraction of sp³-hybridized carbons (Fsp3) is 0.250. The lowest BCUT2D eigenvalue weighted by Crippen LogP contribution is -2.18. The number of carbonyl (C=O) groups is 1. The number of nitrogens with zero attached hydrogens (tertiary/aromatic N) is 5. The van der Waals surface area contributed by atoms with Crippen LogP contribution in [0.2, 0.25) is 5.02 Å². The van der Waals surface area contributed by atoms with E-state index >= 15 is 0 Å². The van der Waals surface area contributed by atoms with Gasteiger partial charge in [-0.25, -0.2) is 28.2 Å². The molecule has 0 spiro atoms. The molecule has 1 aliphatic heterocycles. The van der Waals surface area contributed by atoms with Crippen molar-refractivity contribution >= 4 is 23.3 Å². The predicted octanol–water partition coefficient (Wildman–Crippen LogP) is 4.70. The van der Waals surface area contributed by atoms with Gasteiger partial charge in [0.2, 0.25) is 0 Å². The number of rotatable bonds is 3. The van der Waals surface area contributed by atoms with Crippen LogP contribution in [0.3, 0.4) is 0 Å². The van der Waals surface area contributed by atoms with Crippen molar-refractivity contribution in [2.75, 3.05) is 6.61 Å². The van der Waals surface area contributed by atoms with E-state index in [9.17, 15) is 26.7 Å². The predicted molar refractivity (Wildman–Crippen MR) is 106 cm³/mol. The fourth-order valence-electron chi connectivity index (χ4n) is 3.34. The van der Waals surface area contributed by atoms with E-state index in [2.05, 4.69) is 20.1 Å². The third kappa shape index (κ3) is 3.84. The van der Waals surface area contributed by atoms with Gasteiger partial charge in [-0.3, -0.25) is 4.99 Å². The first-order valence-electron chi connectivity index (χ1n) is 9.47. The van der Waals surface area contributed by atoms with Crippen LogP contribution < -0.4 is 0 Å². The van der Waals surface area contributed by atoms with Gasteiger partial charge in [0.25, 0.3) is 5.82 Å². The molecule has 13 heteroatoms. The Morgan fingerprint density at radius 2 is 1.88 bits per heavy atom. The van der Waals surface area contributed by atoms with E-state index in [1.807, 2.05) is 0 Å². The minimum Gasteiger partial charge on any atom is -0.460 e. The first-order chi connectivity index (χ1) is 15.5. The molecule has 1 atom stereocenters. The van der Waals surface area contributed by atoms with E-state index in [0.717, 1.165) is 29.1 Å². The average molecular weight is 486 g/mol. The molecule has 0 amide bonds. The number of halogens is 6. The molecule has 1 aliphatic rings. The largest absolute Gasteiger partial charge is 0.460 e. The summed E-state index contributed by atoms with van der Waals surface area (Å²) in [7, 11) is 0. The Balaban J connectivity index is 2.07. The van der Waals surface area contributed by atoms with Crippen LogP contribution in [-0.4, -0.2) is 38.0 Å². The maximum atomic E-state index is 14.7. The van der Waals surface area contributed by atoms with Crippen LogP contribution in [0.25, 0.3) is 5.69 Å². The molecule has 0 bridgehead atoms. The summed E-state index contributed by atoms with van der Waals surface area (Å²) in [5, 5.41) is 3.08. The maximum Gasteiger partial charge on any atom is 0.434 e. The summed E-state index contributed by atoms with van der Waals surface area (Å²) in [4.78, 5) is 23.8. The van der Waals surface area contributed by atoms with E-state index in [-0.39, 0.29) is 23.9 Å². The third-order valence-electron chi connectivity index (χ3n) is 4.72. The molecule has 3 aromatic rings. The van der Waals surface area contributed by atoms with Crippen molar-refractivity contribution in [2.45, 2.75) is 26.1 Å². The molecular weight excluding hydrogens is 473 g/mol. The maximum absolute atomic E-state index is 14.7. The van der Waals surface area contributed by atoms with Crippen molar-refractivity contribution in [3.63, 3.8) is 0 Å². The van der Waals surface area contributed by atoms with Gasteiger partial charge in [0.15, 0.2) is 11.5 Å². The van der Waals surface area contributed by atoms with Crippen molar-refractivity contribution in [2.24, 2.45) is 4.99 Å². The normalized spacial score (nSPS) is 15.4. The lowest BCUT2D eigenvalue weighted by atomic mass is 9.99. The minimum absolute atomic E-state index is 0.00340. The Kier molecular flexibility index (Phi) is 5.64. The monoisotopic (exact) mass is 485 g/mol. The summed E-state index contributed by atoms with van der Waals surface area (Å²) in [6.45, 7) is 3.07. The number of ether oxygens (including phenoxy) is 1. The van der Waals surface area contributed by atoms with Gasteiger partial charge in [-0.15, -0.1) is 5.10 Å². The Bertz CT molecular complexity index is 1280. The molecule has 0 unspecified atom stereocenters. The fourth-order valence-corrected chi connectivity index (χ4v) is 3.69. The summed E-state index contributed by atoms with van der Waals surface area (Å²) in [6.07, 6.45) is -4.19. The molecule has 0 N–H and O–H groups in total. The van der Waals surface area contributed by atoms with Gasteiger partial charge in [-0.2, -0.15) is 13.2 Å². The second kappa shape index (κ2) is 8.18. The van der Waals surface area contributed by atoms with E-state index in [1.165, 1.54) is 6.92 Å². The summed E-state index contributed by atoms with van der Waals surface area (Å²) in [5.74, 6) is -3.37. The van der Waals surface area contributed by atoms with E-state index < -0.39 is 57.4 Å². The van der Waals surface area contributed by atoms with Crippen molar-refractivity contribution in [3.8, 4) is 5.69 Å². The Labute approximate surface area is 187 Å². The summed E-state index contributed by atoms with van der Waals surface area (Å²) < 4.78 is 75.8. The number of benzene rings is 1. The molecule has 0 aliphatic carbocycles. The molecule has 1 aromatic carbocycles. The van der Waals surface area contributed by atoms with Crippen LogP contribution in [-0.2, 0) is 10.9 Å². The van der Waals surface area contributed by atoms with Gasteiger partial charge >= 0.3 is 12.1 Å². The Morgan fingerprint density at radius 3 is 2.48 bits per heavy atom. The second-order valence-corrected chi connectivity index (χ2v) is 7.23. The molecule has 4 rings (SSSR count). The SMILES string of the molecule is CCOC(=O)c1nc2n(n1)-c1cnc(C(F)(F)F)c(Cl)c1C(c1c(F)cccc1F)=N[C@H]2C. The zero-order valence-electron chi connectivity index (χ0n) is 16.9. The highest BCUT2D eigenvalue weighted by Crippen LogP contribution is 2.40. The molecule has 0 radical (unpaired) electrons. The highest BCUT2D eigenvalue weighted by atomic mass is 35.5. The van der Waals surface area contributed by atoms with Gasteiger partial charge in [0.1, 0.15) is 17.7 Å². The lowest BCUT2D eigenvalue weighted by Gasteiger charge is -2.17. The highest BCUT2D eigenvalue weighted by molar-refractivity contribution is 6.37. The van der Waals surface area contributed by atoms with Crippen LogP contribution in [0.5, 0.6) is 0 Å². The molecule has 3 heterocycles. The highest BCUT2D eigenvalue weighted by Gasteiger charge is 2.40. The lowest BCUT2D eigenvalue weighted by molar-refractivity contribution is -0.141. The van der Waals surface area contributed by atoms with Crippen LogP contribution in [0.1, 0.15) is 53.2 Å². The van der Waals surface area contributed by atoms with E-state index in [1.54, 1.807) is 6.92 Å². The number of hydrogen-bond donors (Lipinski definition) is 0. The smallest absolute Gasteiger partial charge is 0.434 e. The van der Waals surface area contributed by atoms with Crippen LogP contribution >= 0.6 is 11.6 Å². The summed E-state index contributed by atoms with van der Waals surface area (Å²) in [5.41, 5.74) is -3.29. The van der Waals surface area contributed by atoms with Gasteiger partial charge in [0.05, 0.1) is 34.8 Å². The molecular formula is C20H13ClF5N5O2. The molecule has 2 aromatic heterocycles. The number of pyridine rings is 1. The second-order valence-electron chi connectivity index (χ2n) is 6.86. The van der Waals surface area contributed by atoms with Crippen molar-refractivity contribution in [1.29, 1.82) is 0 Å². The number of carbonyl (C=O) groups excluding carboxylic acids is 1. The number of fused-ring (bicyclic) bond motifs is 3. The third-order valence-corrected chi connectivity index (χ3v) is 5.09. The quantitative estimate of drug-likeness (QED) is 0.397. The zero-order valence-corrected chi connectivity index (χ0v) is 17.7. The first kappa shape index (κ1) is 22.8. The molecule has 172 valence electrons. The van der Waals surface area contributed by atoms with Gasteiger partial charge in [-0.05, 0) is 26.0 Å². The van der Waals surface area contributed by atoms with Gasteiger partial charge in [0, 0.05) is 5.56 Å². The zero-order chi connectivity index (χ0) is 24.1. The molecule has 33 heavy (non-hydrogen) atoms. The number of hydrogen-bond acceptors (Lipinski definition) is 6. The first-order valence-corrected chi connectivity index (χ1v) is 9.85. The molecule has 7 nitrogen and oxygen atoms in total. The van der Waals surface area contributed by atoms with Crippen LogP contribution in [0, 0.1) is 11.6 Å². The van der Waals surface area contributed by atoms with Gasteiger partial charge < -0.3 is 4.74 Å². The number of aliphatic imine (C=N–C) groups is 1. The minimum atomic E-state index is -4.97. The summed E-state index contributed by atoms with van der Waals surface area (Å²) in [6, 6.07) is 1.98. The van der Waals surface area contributed by atoms with Crippen molar-refractivity contribution < 1.29 is 31.5 Å². The number of alkyl halides is 3.